The van der Waals surface area contributed by atoms with Crippen molar-refractivity contribution in [1.29, 1.82) is 0 Å². The van der Waals surface area contributed by atoms with E-state index in [0.29, 0.717) is 5.69 Å². The number of rotatable bonds is 4. The number of urea groups is 1. The Bertz CT molecular complexity index is 652. The van der Waals surface area contributed by atoms with Gasteiger partial charge in [0.2, 0.25) is 5.91 Å². The number of amides is 3. The summed E-state index contributed by atoms with van der Waals surface area (Å²) in [6.07, 6.45) is 1.93. The standard InChI is InChI=1S/C14H19N5O2/c1-9(7-13(20)15-2)19(3)14(21)17-11-5-4-6-12-10(11)8-16-18-12/h4-6,8-9H,7H2,1-3H3,(H,15,20)(H,16,18)(H,17,21). The SMILES string of the molecule is CNC(=O)CC(C)N(C)C(=O)Nc1cccc2[nH]ncc12. The van der Waals surface area contributed by atoms with Gasteiger partial charge in [-0.25, -0.2) is 4.79 Å². The average Bonchev–Trinajstić information content (AvgIpc) is 2.95. The summed E-state index contributed by atoms with van der Waals surface area (Å²) in [4.78, 5) is 25.1. The molecule has 0 aliphatic heterocycles. The number of fused-ring (bicyclic) bond motifs is 1. The van der Waals surface area contributed by atoms with Crippen LogP contribution in [0.5, 0.6) is 0 Å². The highest BCUT2D eigenvalue weighted by Crippen LogP contribution is 2.21. The molecule has 7 heteroatoms. The van der Waals surface area contributed by atoms with E-state index in [4.69, 9.17) is 0 Å². The average molecular weight is 289 g/mol. The third kappa shape index (κ3) is 3.31. The molecule has 0 bridgehead atoms. The van der Waals surface area contributed by atoms with Gasteiger partial charge in [-0.15, -0.1) is 0 Å². The number of hydrogen-bond donors (Lipinski definition) is 3. The van der Waals surface area contributed by atoms with E-state index in [-0.39, 0.29) is 24.4 Å². The summed E-state index contributed by atoms with van der Waals surface area (Å²) in [7, 11) is 3.24. The molecule has 1 aromatic carbocycles. The van der Waals surface area contributed by atoms with Crippen LogP contribution in [-0.4, -0.2) is 47.2 Å². The molecule has 0 aliphatic carbocycles. The molecule has 2 aromatic rings. The number of carbonyl (C=O) groups is 2. The number of aromatic nitrogens is 2. The molecule has 0 fully saturated rings. The van der Waals surface area contributed by atoms with E-state index < -0.39 is 0 Å². The Morgan fingerprint density at radius 2 is 2.19 bits per heavy atom. The maximum Gasteiger partial charge on any atom is 0.321 e. The Kier molecular flexibility index (Phi) is 4.42. The minimum atomic E-state index is -0.264. The van der Waals surface area contributed by atoms with Gasteiger partial charge >= 0.3 is 6.03 Å². The van der Waals surface area contributed by atoms with Crippen LogP contribution in [0.3, 0.4) is 0 Å². The molecule has 0 radical (unpaired) electrons. The number of carbonyl (C=O) groups excluding carboxylic acids is 2. The Labute approximate surface area is 122 Å². The van der Waals surface area contributed by atoms with Crippen molar-refractivity contribution in [3.63, 3.8) is 0 Å². The maximum absolute atomic E-state index is 12.2. The first-order valence-corrected chi connectivity index (χ1v) is 6.69. The van der Waals surface area contributed by atoms with Crippen LogP contribution >= 0.6 is 0 Å². The summed E-state index contributed by atoms with van der Waals surface area (Å²) in [5.74, 6) is -0.0981. The molecule has 112 valence electrons. The zero-order chi connectivity index (χ0) is 15.4. The zero-order valence-electron chi connectivity index (χ0n) is 12.3. The molecule has 0 saturated carbocycles. The lowest BCUT2D eigenvalue weighted by Gasteiger charge is -2.24. The van der Waals surface area contributed by atoms with Crippen LogP contribution in [-0.2, 0) is 4.79 Å². The second-order valence-electron chi connectivity index (χ2n) is 4.90. The van der Waals surface area contributed by atoms with Crippen LogP contribution < -0.4 is 10.6 Å². The lowest BCUT2D eigenvalue weighted by Crippen LogP contribution is -2.40. The van der Waals surface area contributed by atoms with Crippen LogP contribution in [0.4, 0.5) is 10.5 Å². The number of anilines is 1. The number of H-pyrrole nitrogens is 1. The summed E-state index contributed by atoms with van der Waals surface area (Å²) >= 11 is 0. The third-order valence-corrected chi connectivity index (χ3v) is 3.47. The molecule has 7 nitrogen and oxygen atoms in total. The Morgan fingerprint density at radius 1 is 1.43 bits per heavy atom. The molecular weight excluding hydrogens is 270 g/mol. The first-order chi connectivity index (χ1) is 10.0. The van der Waals surface area contributed by atoms with E-state index >= 15 is 0 Å². The second kappa shape index (κ2) is 6.25. The predicted molar refractivity (Wildman–Crippen MR) is 81.0 cm³/mol. The molecule has 2 rings (SSSR count). The van der Waals surface area contributed by atoms with E-state index in [2.05, 4.69) is 20.8 Å². The summed E-state index contributed by atoms with van der Waals surface area (Å²) in [6, 6.07) is 5.07. The van der Waals surface area contributed by atoms with Gasteiger partial charge in [-0.05, 0) is 19.1 Å². The van der Waals surface area contributed by atoms with Crippen LogP contribution in [0.15, 0.2) is 24.4 Å². The van der Waals surface area contributed by atoms with Crippen molar-refractivity contribution in [1.82, 2.24) is 20.4 Å². The van der Waals surface area contributed by atoms with Gasteiger partial charge in [-0.2, -0.15) is 5.10 Å². The van der Waals surface area contributed by atoms with E-state index in [0.717, 1.165) is 10.9 Å². The molecule has 3 amide bonds. The third-order valence-electron chi connectivity index (χ3n) is 3.47. The molecule has 1 aromatic heterocycles. The van der Waals surface area contributed by atoms with Crippen molar-refractivity contribution < 1.29 is 9.59 Å². The summed E-state index contributed by atoms with van der Waals surface area (Å²) in [6.45, 7) is 1.83. The van der Waals surface area contributed by atoms with Crippen LogP contribution in [0.1, 0.15) is 13.3 Å². The van der Waals surface area contributed by atoms with Gasteiger partial charge in [0.15, 0.2) is 0 Å². The van der Waals surface area contributed by atoms with E-state index in [1.807, 2.05) is 25.1 Å². The van der Waals surface area contributed by atoms with Gasteiger partial charge in [0.25, 0.3) is 0 Å². The van der Waals surface area contributed by atoms with Crippen LogP contribution in [0.2, 0.25) is 0 Å². The van der Waals surface area contributed by atoms with Crippen molar-refractivity contribution in [2.75, 3.05) is 19.4 Å². The minimum Gasteiger partial charge on any atom is -0.359 e. The van der Waals surface area contributed by atoms with E-state index in [9.17, 15) is 9.59 Å². The molecular formula is C14H19N5O2. The topological polar surface area (TPSA) is 90.1 Å². The van der Waals surface area contributed by atoms with E-state index in [1.54, 1.807) is 20.3 Å². The van der Waals surface area contributed by atoms with E-state index in [1.165, 1.54) is 4.90 Å². The van der Waals surface area contributed by atoms with Crippen LogP contribution in [0, 0.1) is 0 Å². The first-order valence-electron chi connectivity index (χ1n) is 6.69. The largest absolute Gasteiger partial charge is 0.359 e. The molecule has 0 aliphatic rings. The predicted octanol–water partition coefficient (Wildman–Crippen LogP) is 1.55. The number of benzene rings is 1. The highest BCUT2D eigenvalue weighted by atomic mass is 16.2. The Balaban J connectivity index is 2.07. The molecule has 3 N–H and O–H groups in total. The number of nitrogens with zero attached hydrogens (tertiary/aromatic N) is 2. The normalized spacial score (nSPS) is 12.0. The Hall–Kier alpha value is -2.57. The molecule has 21 heavy (non-hydrogen) atoms. The maximum atomic E-state index is 12.2. The van der Waals surface area contributed by atoms with Crippen molar-refractivity contribution >= 4 is 28.5 Å². The van der Waals surface area contributed by atoms with Crippen molar-refractivity contribution in [2.24, 2.45) is 0 Å². The van der Waals surface area contributed by atoms with Crippen LogP contribution in [0.25, 0.3) is 10.9 Å². The minimum absolute atomic E-state index is 0.0981. The van der Waals surface area contributed by atoms with Crippen molar-refractivity contribution in [3.8, 4) is 0 Å². The van der Waals surface area contributed by atoms with Crippen molar-refractivity contribution in [2.45, 2.75) is 19.4 Å². The van der Waals surface area contributed by atoms with Gasteiger partial charge in [-0.3, -0.25) is 9.89 Å². The summed E-state index contributed by atoms with van der Waals surface area (Å²) in [5.41, 5.74) is 1.54. The highest BCUT2D eigenvalue weighted by molar-refractivity contribution is 6.00. The summed E-state index contributed by atoms with van der Waals surface area (Å²) < 4.78 is 0. The lowest BCUT2D eigenvalue weighted by atomic mass is 10.2. The number of hydrogen-bond acceptors (Lipinski definition) is 3. The van der Waals surface area contributed by atoms with Gasteiger partial charge in [0.05, 0.1) is 17.4 Å². The first kappa shape index (κ1) is 14.8. The highest BCUT2D eigenvalue weighted by Gasteiger charge is 2.18. The molecule has 0 spiro atoms. The molecule has 1 atom stereocenters. The molecule has 1 unspecified atom stereocenters. The van der Waals surface area contributed by atoms with Gasteiger partial charge in [-0.1, -0.05) is 6.07 Å². The zero-order valence-corrected chi connectivity index (χ0v) is 12.3. The fourth-order valence-corrected chi connectivity index (χ4v) is 1.99. The quantitative estimate of drug-likeness (QED) is 0.797. The van der Waals surface area contributed by atoms with Gasteiger partial charge in [0, 0.05) is 31.9 Å². The van der Waals surface area contributed by atoms with Gasteiger partial charge < -0.3 is 15.5 Å². The lowest BCUT2D eigenvalue weighted by molar-refractivity contribution is -0.121. The monoisotopic (exact) mass is 289 g/mol. The Morgan fingerprint density at radius 3 is 2.90 bits per heavy atom. The smallest absolute Gasteiger partial charge is 0.321 e. The molecule has 1 heterocycles. The van der Waals surface area contributed by atoms with Gasteiger partial charge in [0.1, 0.15) is 0 Å². The molecule has 0 saturated heterocycles. The number of nitrogens with one attached hydrogen (secondary N) is 3. The fraction of sp³-hybridized carbons (Fsp3) is 0.357. The van der Waals surface area contributed by atoms with Crippen molar-refractivity contribution in [3.05, 3.63) is 24.4 Å². The fourth-order valence-electron chi connectivity index (χ4n) is 1.99. The summed E-state index contributed by atoms with van der Waals surface area (Å²) in [5, 5.41) is 13.0. The number of aromatic amines is 1. The second-order valence-corrected chi connectivity index (χ2v) is 4.90.